The highest BCUT2D eigenvalue weighted by Gasteiger charge is 2.54. The van der Waals surface area contributed by atoms with E-state index in [1.54, 1.807) is 0 Å². The Balaban J connectivity index is 1.28. The Morgan fingerprint density at radius 3 is 2.35 bits per heavy atom. The summed E-state index contributed by atoms with van der Waals surface area (Å²) in [6, 6.07) is 2.01. The first-order valence-corrected chi connectivity index (χ1v) is 10.5. The maximum atomic E-state index is 13.1. The monoisotopic (exact) mass is 354 g/mol. The van der Waals surface area contributed by atoms with E-state index in [9.17, 15) is 4.79 Å². The predicted octanol–water partition coefficient (Wildman–Crippen LogP) is 3.22. The SMILES string of the molecule is Cc1cc(CNC(=O)C23CC4CC(CC(C4)C2)C3)nc(N2CCCC2)n1. The van der Waals surface area contributed by atoms with Crippen LogP contribution in [0.5, 0.6) is 0 Å². The van der Waals surface area contributed by atoms with Gasteiger partial charge in [-0.05, 0) is 82.1 Å². The van der Waals surface area contributed by atoms with E-state index in [1.165, 1.54) is 32.1 Å². The first-order valence-electron chi connectivity index (χ1n) is 10.5. The lowest BCUT2D eigenvalue weighted by molar-refractivity contribution is -0.146. The molecule has 5 fully saturated rings. The van der Waals surface area contributed by atoms with Crippen molar-refractivity contribution in [2.45, 2.75) is 64.8 Å². The summed E-state index contributed by atoms with van der Waals surface area (Å²) < 4.78 is 0. The summed E-state index contributed by atoms with van der Waals surface area (Å²) in [5.41, 5.74) is 1.85. The molecule has 1 amide bonds. The fourth-order valence-corrected chi connectivity index (χ4v) is 6.51. The zero-order valence-corrected chi connectivity index (χ0v) is 15.8. The van der Waals surface area contributed by atoms with Crippen LogP contribution in [0.15, 0.2) is 6.07 Å². The third kappa shape index (κ3) is 2.89. The van der Waals surface area contributed by atoms with E-state index in [-0.39, 0.29) is 11.3 Å². The maximum Gasteiger partial charge on any atom is 0.226 e. The van der Waals surface area contributed by atoms with Crippen LogP contribution in [0.4, 0.5) is 5.95 Å². The summed E-state index contributed by atoms with van der Waals surface area (Å²) >= 11 is 0. The van der Waals surface area contributed by atoms with Gasteiger partial charge >= 0.3 is 0 Å². The lowest BCUT2D eigenvalue weighted by Crippen LogP contribution is -2.53. The van der Waals surface area contributed by atoms with Gasteiger partial charge in [0.05, 0.1) is 12.2 Å². The fourth-order valence-electron chi connectivity index (χ4n) is 6.51. The second-order valence-electron chi connectivity index (χ2n) is 9.38. The average molecular weight is 354 g/mol. The topological polar surface area (TPSA) is 58.1 Å². The van der Waals surface area contributed by atoms with Crippen molar-refractivity contribution in [3.8, 4) is 0 Å². The smallest absolute Gasteiger partial charge is 0.226 e. The number of hydrogen-bond donors (Lipinski definition) is 1. The minimum absolute atomic E-state index is 0.0748. The Kier molecular flexibility index (Phi) is 3.94. The number of nitrogens with zero attached hydrogens (tertiary/aromatic N) is 3. The van der Waals surface area contributed by atoms with Gasteiger partial charge in [0.2, 0.25) is 11.9 Å². The molecule has 1 saturated heterocycles. The molecule has 1 aliphatic heterocycles. The molecule has 0 atom stereocenters. The summed E-state index contributed by atoms with van der Waals surface area (Å²) in [5, 5.41) is 3.25. The van der Waals surface area contributed by atoms with E-state index < -0.39 is 0 Å². The Hall–Kier alpha value is -1.65. The van der Waals surface area contributed by atoms with Crippen LogP contribution in [0.2, 0.25) is 0 Å². The second kappa shape index (κ2) is 6.21. The Morgan fingerprint density at radius 1 is 1.12 bits per heavy atom. The van der Waals surface area contributed by atoms with Gasteiger partial charge in [-0.2, -0.15) is 0 Å². The summed E-state index contributed by atoms with van der Waals surface area (Å²) in [6.07, 6.45) is 9.90. The van der Waals surface area contributed by atoms with Gasteiger partial charge in [0, 0.05) is 24.2 Å². The van der Waals surface area contributed by atoms with Crippen molar-refractivity contribution in [1.29, 1.82) is 0 Å². The van der Waals surface area contributed by atoms with Crippen LogP contribution in [0.1, 0.15) is 62.8 Å². The van der Waals surface area contributed by atoms with Crippen LogP contribution in [-0.4, -0.2) is 29.0 Å². The van der Waals surface area contributed by atoms with E-state index in [4.69, 9.17) is 4.98 Å². The molecule has 1 aromatic heterocycles. The number of nitrogens with one attached hydrogen (secondary N) is 1. The van der Waals surface area contributed by atoms with Gasteiger partial charge in [0.25, 0.3) is 0 Å². The molecule has 26 heavy (non-hydrogen) atoms. The molecule has 0 unspecified atom stereocenters. The zero-order chi connectivity index (χ0) is 17.7. The van der Waals surface area contributed by atoms with Gasteiger partial charge in [-0.25, -0.2) is 9.97 Å². The molecule has 140 valence electrons. The van der Waals surface area contributed by atoms with Crippen molar-refractivity contribution in [1.82, 2.24) is 15.3 Å². The second-order valence-corrected chi connectivity index (χ2v) is 9.38. The van der Waals surface area contributed by atoms with E-state index in [0.29, 0.717) is 6.54 Å². The van der Waals surface area contributed by atoms with Crippen LogP contribution >= 0.6 is 0 Å². The largest absolute Gasteiger partial charge is 0.350 e. The Labute approximate surface area is 156 Å². The van der Waals surface area contributed by atoms with Crippen molar-refractivity contribution in [3.05, 3.63) is 17.5 Å². The molecule has 1 N–H and O–H groups in total. The van der Waals surface area contributed by atoms with Gasteiger partial charge in [0.15, 0.2) is 0 Å². The molecule has 0 spiro atoms. The third-order valence-electron chi connectivity index (χ3n) is 7.23. The van der Waals surface area contributed by atoms with Crippen molar-refractivity contribution in [3.63, 3.8) is 0 Å². The summed E-state index contributed by atoms with van der Waals surface area (Å²) in [7, 11) is 0. The summed E-state index contributed by atoms with van der Waals surface area (Å²) in [4.78, 5) is 24.7. The van der Waals surface area contributed by atoms with Gasteiger partial charge in [-0.3, -0.25) is 4.79 Å². The molecule has 4 aliphatic carbocycles. The van der Waals surface area contributed by atoms with Crippen LogP contribution in [0, 0.1) is 30.1 Å². The molecule has 2 heterocycles. The number of amides is 1. The van der Waals surface area contributed by atoms with Gasteiger partial charge < -0.3 is 10.2 Å². The molecule has 0 aromatic carbocycles. The van der Waals surface area contributed by atoms with Crippen molar-refractivity contribution in [2.75, 3.05) is 18.0 Å². The fraction of sp³-hybridized carbons (Fsp3) is 0.762. The van der Waals surface area contributed by atoms with E-state index >= 15 is 0 Å². The molecule has 5 heteroatoms. The highest BCUT2D eigenvalue weighted by atomic mass is 16.2. The Bertz CT molecular complexity index is 675. The third-order valence-corrected chi connectivity index (χ3v) is 7.23. The molecule has 1 aromatic rings. The van der Waals surface area contributed by atoms with E-state index in [0.717, 1.165) is 67.4 Å². The highest BCUT2D eigenvalue weighted by molar-refractivity contribution is 5.83. The number of anilines is 1. The number of rotatable bonds is 4. The van der Waals surface area contributed by atoms with E-state index in [2.05, 4.69) is 15.2 Å². The van der Waals surface area contributed by atoms with Gasteiger partial charge in [-0.15, -0.1) is 0 Å². The molecule has 0 radical (unpaired) electrons. The number of carbonyl (C=O) groups is 1. The molecule has 6 rings (SSSR count). The van der Waals surface area contributed by atoms with Crippen molar-refractivity contribution in [2.24, 2.45) is 23.2 Å². The van der Waals surface area contributed by atoms with Crippen molar-refractivity contribution < 1.29 is 4.79 Å². The van der Waals surface area contributed by atoms with Crippen molar-refractivity contribution >= 4 is 11.9 Å². The minimum Gasteiger partial charge on any atom is -0.350 e. The summed E-state index contributed by atoms with van der Waals surface area (Å²) in [6.45, 7) is 4.64. The minimum atomic E-state index is -0.0748. The summed E-state index contributed by atoms with van der Waals surface area (Å²) in [5.74, 6) is 3.53. The highest BCUT2D eigenvalue weighted by Crippen LogP contribution is 2.60. The van der Waals surface area contributed by atoms with Crippen LogP contribution in [0.3, 0.4) is 0 Å². The number of hydrogen-bond acceptors (Lipinski definition) is 4. The molecular formula is C21H30N4O. The van der Waals surface area contributed by atoms with E-state index in [1.807, 2.05) is 13.0 Å². The van der Waals surface area contributed by atoms with Crippen LogP contribution < -0.4 is 10.2 Å². The standard InChI is InChI=1S/C21H30N4O/c1-14-6-18(24-20(23-14)25-4-2-3-5-25)13-22-19(26)21-10-15-7-16(11-21)9-17(8-15)12-21/h6,15-17H,2-5,7-13H2,1H3,(H,22,26). The van der Waals surface area contributed by atoms with Crippen LogP contribution in [-0.2, 0) is 11.3 Å². The van der Waals surface area contributed by atoms with Gasteiger partial charge in [-0.1, -0.05) is 0 Å². The predicted molar refractivity (Wildman–Crippen MR) is 101 cm³/mol. The molecule has 4 saturated carbocycles. The lowest BCUT2D eigenvalue weighted by Gasteiger charge is -2.55. The number of aryl methyl sites for hydroxylation is 1. The number of aromatic nitrogens is 2. The first kappa shape index (κ1) is 16.5. The van der Waals surface area contributed by atoms with Gasteiger partial charge in [0.1, 0.15) is 0 Å². The number of carbonyl (C=O) groups excluding carboxylic acids is 1. The molecule has 4 bridgehead atoms. The normalized spacial score (nSPS) is 35.1. The molecule has 5 nitrogen and oxygen atoms in total. The average Bonchev–Trinajstić information content (AvgIpc) is 3.12. The zero-order valence-electron chi connectivity index (χ0n) is 15.8. The first-order chi connectivity index (χ1) is 12.6. The lowest BCUT2D eigenvalue weighted by atomic mass is 9.49. The molecular weight excluding hydrogens is 324 g/mol. The Morgan fingerprint density at radius 2 is 1.73 bits per heavy atom. The maximum absolute atomic E-state index is 13.1. The van der Waals surface area contributed by atoms with Crippen LogP contribution in [0.25, 0.3) is 0 Å². The molecule has 5 aliphatic rings. The quantitative estimate of drug-likeness (QED) is 0.902.